The quantitative estimate of drug-likeness (QED) is 0.806. The van der Waals surface area contributed by atoms with Crippen LogP contribution in [0.1, 0.15) is 12.5 Å². The SMILES string of the molecule is CCc1ccccc1NC(=O)Cn1ncc(=O)c2ccccc21. The van der Waals surface area contributed by atoms with Gasteiger partial charge in [-0.2, -0.15) is 5.10 Å². The zero-order valence-electron chi connectivity index (χ0n) is 12.8. The minimum absolute atomic E-state index is 0.0544. The largest absolute Gasteiger partial charge is 0.324 e. The van der Waals surface area contributed by atoms with Crippen molar-refractivity contribution >= 4 is 22.5 Å². The average Bonchev–Trinajstić information content (AvgIpc) is 2.58. The van der Waals surface area contributed by atoms with Gasteiger partial charge in [0.25, 0.3) is 0 Å². The zero-order valence-corrected chi connectivity index (χ0v) is 12.8. The van der Waals surface area contributed by atoms with Crippen LogP contribution in [0.3, 0.4) is 0 Å². The highest BCUT2D eigenvalue weighted by Gasteiger charge is 2.09. The number of carbonyl (C=O) groups excluding carboxylic acids is 1. The lowest BCUT2D eigenvalue weighted by Gasteiger charge is -2.12. The molecule has 1 aromatic heterocycles. The number of aromatic nitrogens is 2. The van der Waals surface area contributed by atoms with Crippen molar-refractivity contribution in [3.05, 3.63) is 70.5 Å². The number of benzene rings is 2. The summed E-state index contributed by atoms with van der Waals surface area (Å²) in [4.78, 5) is 24.1. The lowest BCUT2D eigenvalue weighted by molar-refractivity contribution is -0.116. The van der Waals surface area contributed by atoms with Gasteiger partial charge in [-0.3, -0.25) is 14.3 Å². The van der Waals surface area contributed by atoms with E-state index in [9.17, 15) is 9.59 Å². The smallest absolute Gasteiger partial charge is 0.246 e. The van der Waals surface area contributed by atoms with Crippen molar-refractivity contribution in [1.82, 2.24) is 9.78 Å². The maximum atomic E-state index is 12.3. The standard InChI is InChI=1S/C18H17N3O2/c1-2-13-7-3-5-9-15(13)20-18(23)12-21-16-10-6-4-8-14(16)17(22)11-19-21/h3-11H,2,12H2,1H3,(H,20,23). The molecule has 3 rings (SSSR count). The Morgan fingerprint density at radius 2 is 1.87 bits per heavy atom. The van der Waals surface area contributed by atoms with Crippen LogP contribution >= 0.6 is 0 Å². The van der Waals surface area contributed by atoms with Crippen LogP contribution in [0.4, 0.5) is 5.69 Å². The molecule has 0 radical (unpaired) electrons. The molecule has 116 valence electrons. The van der Waals surface area contributed by atoms with Crippen molar-refractivity contribution in [3.8, 4) is 0 Å². The van der Waals surface area contributed by atoms with Gasteiger partial charge in [0.15, 0.2) is 0 Å². The summed E-state index contributed by atoms with van der Waals surface area (Å²) in [7, 11) is 0. The summed E-state index contributed by atoms with van der Waals surface area (Å²) in [5, 5.41) is 7.54. The van der Waals surface area contributed by atoms with Crippen molar-refractivity contribution in [2.75, 3.05) is 5.32 Å². The van der Waals surface area contributed by atoms with Gasteiger partial charge in [-0.15, -0.1) is 0 Å². The number of anilines is 1. The van der Waals surface area contributed by atoms with Gasteiger partial charge in [0, 0.05) is 11.1 Å². The molecule has 5 heteroatoms. The molecule has 5 nitrogen and oxygen atoms in total. The van der Waals surface area contributed by atoms with Crippen LogP contribution in [0.25, 0.3) is 10.9 Å². The molecule has 1 amide bonds. The molecule has 0 fully saturated rings. The van der Waals surface area contributed by atoms with Crippen molar-refractivity contribution in [1.29, 1.82) is 0 Å². The highest BCUT2D eigenvalue weighted by atomic mass is 16.2. The van der Waals surface area contributed by atoms with E-state index in [2.05, 4.69) is 10.4 Å². The van der Waals surface area contributed by atoms with Crippen LogP contribution in [0.5, 0.6) is 0 Å². The van der Waals surface area contributed by atoms with Gasteiger partial charge >= 0.3 is 0 Å². The van der Waals surface area contributed by atoms with Crippen LogP contribution in [-0.4, -0.2) is 15.7 Å². The predicted octanol–water partition coefficient (Wildman–Crippen LogP) is 2.60. The van der Waals surface area contributed by atoms with Gasteiger partial charge in [-0.25, -0.2) is 0 Å². The number of nitrogens with zero attached hydrogens (tertiary/aromatic N) is 2. The molecule has 0 unspecified atom stereocenters. The number of amides is 1. The van der Waals surface area contributed by atoms with E-state index < -0.39 is 0 Å². The Balaban J connectivity index is 1.86. The summed E-state index contributed by atoms with van der Waals surface area (Å²) in [5.74, 6) is -0.174. The molecule has 23 heavy (non-hydrogen) atoms. The van der Waals surface area contributed by atoms with E-state index in [1.807, 2.05) is 37.3 Å². The summed E-state index contributed by atoms with van der Waals surface area (Å²) in [5.41, 5.74) is 2.40. The van der Waals surface area contributed by atoms with E-state index in [0.29, 0.717) is 10.9 Å². The molecule has 0 atom stereocenters. The number of fused-ring (bicyclic) bond motifs is 1. The highest BCUT2D eigenvalue weighted by molar-refractivity contribution is 5.92. The first-order valence-corrected chi connectivity index (χ1v) is 7.51. The molecule has 0 aliphatic rings. The number of rotatable bonds is 4. The van der Waals surface area contributed by atoms with Gasteiger partial charge in [0.2, 0.25) is 11.3 Å². The number of para-hydroxylation sites is 2. The fraction of sp³-hybridized carbons (Fsp3) is 0.167. The summed E-state index contributed by atoms with van der Waals surface area (Å²) in [6.07, 6.45) is 2.09. The first kappa shape index (κ1) is 15.0. The monoisotopic (exact) mass is 307 g/mol. The molecule has 2 aromatic carbocycles. The first-order valence-electron chi connectivity index (χ1n) is 7.51. The predicted molar refractivity (Wildman–Crippen MR) is 90.5 cm³/mol. The number of hydrogen-bond donors (Lipinski definition) is 1. The molecule has 0 saturated carbocycles. The minimum atomic E-state index is -0.174. The normalized spacial score (nSPS) is 10.7. The third-order valence-electron chi connectivity index (χ3n) is 3.73. The Morgan fingerprint density at radius 3 is 2.70 bits per heavy atom. The topological polar surface area (TPSA) is 64.0 Å². The summed E-state index contributed by atoms with van der Waals surface area (Å²) < 4.78 is 1.54. The number of hydrogen-bond acceptors (Lipinski definition) is 3. The summed E-state index contributed by atoms with van der Waals surface area (Å²) >= 11 is 0. The van der Waals surface area contributed by atoms with Crippen LogP contribution < -0.4 is 10.7 Å². The van der Waals surface area contributed by atoms with Crippen molar-refractivity contribution in [3.63, 3.8) is 0 Å². The van der Waals surface area contributed by atoms with Gasteiger partial charge in [-0.05, 0) is 30.2 Å². The average molecular weight is 307 g/mol. The fourth-order valence-corrected chi connectivity index (χ4v) is 2.56. The van der Waals surface area contributed by atoms with Crippen molar-refractivity contribution < 1.29 is 4.79 Å². The first-order chi connectivity index (χ1) is 11.2. The Bertz CT molecular complexity index is 915. The van der Waals surface area contributed by atoms with E-state index in [-0.39, 0.29) is 17.9 Å². The molecule has 0 saturated heterocycles. The third-order valence-corrected chi connectivity index (χ3v) is 3.73. The van der Waals surface area contributed by atoms with E-state index in [1.54, 1.807) is 22.9 Å². The minimum Gasteiger partial charge on any atom is -0.324 e. The Morgan fingerprint density at radius 1 is 1.13 bits per heavy atom. The van der Waals surface area contributed by atoms with Crippen LogP contribution in [-0.2, 0) is 17.8 Å². The highest BCUT2D eigenvalue weighted by Crippen LogP contribution is 2.15. The lowest BCUT2D eigenvalue weighted by Crippen LogP contribution is -2.22. The van der Waals surface area contributed by atoms with Gasteiger partial charge in [0.1, 0.15) is 6.54 Å². The van der Waals surface area contributed by atoms with E-state index in [1.165, 1.54) is 6.20 Å². The maximum Gasteiger partial charge on any atom is 0.246 e. The van der Waals surface area contributed by atoms with E-state index >= 15 is 0 Å². The van der Waals surface area contributed by atoms with Crippen LogP contribution in [0, 0.1) is 0 Å². The summed E-state index contributed by atoms with van der Waals surface area (Å²) in [6, 6.07) is 14.9. The second-order valence-corrected chi connectivity index (χ2v) is 5.24. The molecule has 1 N–H and O–H groups in total. The van der Waals surface area contributed by atoms with E-state index in [4.69, 9.17) is 0 Å². The molecular formula is C18H17N3O2. The van der Waals surface area contributed by atoms with Gasteiger partial charge in [-0.1, -0.05) is 37.3 Å². The lowest BCUT2D eigenvalue weighted by atomic mass is 10.1. The van der Waals surface area contributed by atoms with Crippen LogP contribution in [0.15, 0.2) is 59.5 Å². The number of nitrogens with one attached hydrogen (secondary N) is 1. The summed E-state index contributed by atoms with van der Waals surface area (Å²) in [6.45, 7) is 2.10. The fourth-order valence-electron chi connectivity index (χ4n) is 2.56. The Hall–Kier alpha value is -2.95. The number of carbonyl (C=O) groups is 1. The van der Waals surface area contributed by atoms with Gasteiger partial charge < -0.3 is 5.32 Å². The number of aryl methyl sites for hydroxylation is 1. The van der Waals surface area contributed by atoms with E-state index in [0.717, 1.165) is 17.7 Å². The Kier molecular flexibility index (Phi) is 4.19. The molecular weight excluding hydrogens is 290 g/mol. The van der Waals surface area contributed by atoms with Crippen LogP contribution in [0.2, 0.25) is 0 Å². The van der Waals surface area contributed by atoms with Crippen molar-refractivity contribution in [2.24, 2.45) is 0 Å². The second kappa shape index (κ2) is 6.44. The molecule has 0 spiro atoms. The molecule has 0 aliphatic heterocycles. The Labute approximate surface area is 133 Å². The maximum absolute atomic E-state index is 12.3. The van der Waals surface area contributed by atoms with Crippen molar-refractivity contribution in [2.45, 2.75) is 19.9 Å². The van der Waals surface area contributed by atoms with Gasteiger partial charge in [0.05, 0.1) is 11.7 Å². The molecule has 0 aliphatic carbocycles. The zero-order chi connectivity index (χ0) is 16.2. The second-order valence-electron chi connectivity index (χ2n) is 5.24. The molecule has 1 heterocycles. The molecule has 3 aromatic rings. The molecule has 0 bridgehead atoms. The third kappa shape index (κ3) is 3.13.